The molecule has 0 aliphatic heterocycles. The molecule has 0 saturated heterocycles. The number of nitrogens with zero attached hydrogens (tertiary/aromatic N) is 3. The number of H-pyrrole nitrogens is 1. The number of aromatic amines is 1. The maximum Gasteiger partial charge on any atom is 0.298 e. The van der Waals surface area contributed by atoms with E-state index in [9.17, 15) is 14.0 Å². The first-order valence-electron chi connectivity index (χ1n) is 9.81. The lowest BCUT2D eigenvalue weighted by Gasteiger charge is -2.14. The number of aromatic nitrogens is 4. The highest BCUT2D eigenvalue weighted by Crippen LogP contribution is 2.26. The maximum absolute atomic E-state index is 13.8. The van der Waals surface area contributed by atoms with Gasteiger partial charge in [-0.1, -0.05) is 60.7 Å². The van der Waals surface area contributed by atoms with E-state index in [1.165, 1.54) is 12.1 Å². The summed E-state index contributed by atoms with van der Waals surface area (Å²) in [4.78, 5) is 30.8. The summed E-state index contributed by atoms with van der Waals surface area (Å²) in [7, 11) is 0. The number of nitrogens with one attached hydrogen (secondary N) is 2. The number of amides is 1. The molecule has 0 radical (unpaired) electrons. The van der Waals surface area contributed by atoms with Crippen molar-refractivity contribution in [2.45, 2.75) is 0 Å². The van der Waals surface area contributed by atoms with E-state index in [2.05, 4.69) is 20.6 Å². The van der Waals surface area contributed by atoms with E-state index < -0.39 is 17.3 Å². The fraction of sp³-hybridized carbons (Fsp3) is 0. The minimum Gasteiger partial charge on any atom is -0.270 e. The standard InChI is InChI=1S/C24H16FN5O2/c25-18-13-7-12-17(14-18)19-20-21(28-27-19)24(32)30(22(26-20)15-8-3-1-4-9-15)29-23(31)16-10-5-2-6-11-16/h1-14H,(H,27,28)(H,29,31). The largest absolute Gasteiger partial charge is 0.298 e. The lowest BCUT2D eigenvalue weighted by Crippen LogP contribution is -2.35. The van der Waals surface area contributed by atoms with Gasteiger partial charge in [-0.15, -0.1) is 0 Å². The third kappa shape index (κ3) is 3.43. The Morgan fingerprint density at radius 2 is 1.59 bits per heavy atom. The van der Waals surface area contributed by atoms with Crippen molar-refractivity contribution in [2.75, 3.05) is 5.43 Å². The summed E-state index contributed by atoms with van der Waals surface area (Å²) in [5.74, 6) is -0.660. The number of rotatable bonds is 4. The number of carbonyl (C=O) groups excluding carboxylic acids is 1. The first-order valence-corrected chi connectivity index (χ1v) is 9.81. The molecule has 156 valence electrons. The Kier molecular flexibility index (Phi) is 4.79. The van der Waals surface area contributed by atoms with E-state index in [1.807, 2.05) is 6.07 Å². The Labute approximate surface area is 181 Å². The van der Waals surface area contributed by atoms with E-state index >= 15 is 0 Å². The number of fused-ring (bicyclic) bond motifs is 1. The van der Waals surface area contributed by atoms with Gasteiger partial charge in [0.2, 0.25) is 0 Å². The quantitative estimate of drug-likeness (QED) is 0.456. The Bertz CT molecular complexity index is 1490. The summed E-state index contributed by atoms with van der Waals surface area (Å²) < 4.78 is 14.9. The molecule has 2 aromatic heterocycles. The normalized spacial score (nSPS) is 10.9. The smallest absolute Gasteiger partial charge is 0.270 e. The second-order valence-electron chi connectivity index (χ2n) is 7.06. The lowest BCUT2D eigenvalue weighted by atomic mass is 10.1. The minimum atomic E-state index is -0.534. The summed E-state index contributed by atoms with van der Waals surface area (Å²) in [6.45, 7) is 0. The van der Waals surface area contributed by atoms with Gasteiger partial charge < -0.3 is 0 Å². The van der Waals surface area contributed by atoms with Crippen molar-refractivity contribution >= 4 is 16.9 Å². The van der Waals surface area contributed by atoms with E-state index in [0.29, 0.717) is 22.4 Å². The predicted molar refractivity (Wildman–Crippen MR) is 119 cm³/mol. The molecule has 1 amide bonds. The van der Waals surface area contributed by atoms with Crippen molar-refractivity contribution in [1.82, 2.24) is 19.9 Å². The van der Waals surface area contributed by atoms with Gasteiger partial charge >= 0.3 is 0 Å². The molecule has 0 unspecified atom stereocenters. The van der Waals surface area contributed by atoms with Crippen LogP contribution in [0.2, 0.25) is 0 Å². The maximum atomic E-state index is 13.8. The van der Waals surface area contributed by atoms with E-state index in [1.54, 1.807) is 66.7 Å². The fourth-order valence-electron chi connectivity index (χ4n) is 3.44. The number of halogens is 1. The van der Waals surface area contributed by atoms with E-state index in [4.69, 9.17) is 0 Å². The zero-order valence-corrected chi connectivity index (χ0v) is 16.6. The monoisotopic (exact) mass is 425 g/mol. The Balaban J connectivity index is 1.72. The molecule has 0 aliphatic carbocycles. The van der Waals surface area contributed by atoms with Gasteiger partial charge in [0.25, 0.3) is 11.5 Å². The summed E-state index contributed by atoms with van der Waals surface area (Å²) in [6, 6.07) is 23.4. The molecule has 3 aromatic carbocycles. The van der Waals surface area contributed by atoms with Crippen LogP contribution in [0.1, 0.15) is 10.4 Å². The summed E-state index contributed by atoms with van der Waals surface area (Å²) >= 11 is 0. The Morgan fingerprint density at radius 1 is 0.906 bits per heavy atom. The number of hydrogen-bond acceptors (Lipinski definition) is 4. The molecule has 2 N–H and O–H groups in total. The number of benzene rings is 3. The molecular weight excluding hydrogens is 409 g/mol. The van der Waals surface area contributed by atoms with Gasteiger partial charge in [-0.2, -0.15) is 9.77 Å². The predicted octanol–water partition coefficient (Wildman–Crippen LogP) is 3.98. The highest BCUT2D eigenvalue weighted by Gasteiger charge is 2.20. The van der Waals surface area contributed by atoms with Gasteiger partial charge in [0.05, 0.1) is 0 Å². The number of hydrogen-bond donors (Lipinski definition) is 2. The summed E-state index contributed by atoms with van der Waals surface area (Å²) in [6.07, 6.45) is 0. The molecule has 32 heavy (non-hydrogen) atoms. The molecule has 0 bridgehead atoms. The van der Waals surface area contributed by atoms with Crippen LogP contribution in [0.3, 0.4) is 0 Å². The first kappa shape index (κ1) is 19.4. The average Bonchev–Trinajstić information content (AvgIpc) is 3.26. The van der Waals surface area contributed by atoms with Crippen LogP contribution in [0, 0.1) is 5.82 Å². The first-order chi connectivity index (χ1) is 15.6. The highest BCUT2D eigenvalue weighted by molar-refractivity contribution is 6.00. The zero-order valence-electron chi connectivity index (χ0n) is 16.6. The van der Waals surface area contributed by atoms with Gasteiger partial charge in [-0.05, 0) is 24.3 Å². The van der Waals surface area contributed by atoms with E-state index in [-0.39, 0.29) is 16.9 Å². The van der Waals surface area contributed by atoms with Crippen molar-refractivity contribution in [2.24, 2.45) is 0 Å². The van der Waals surface area contributed by atoms with Crippen molar-refractivity contribution in [3.63, 3.8) is 0 Å². The van der Waals surface area contributed by atoms with Crippen LogP contribution in [0.25, 0.3) is 33.7 Å². The van der Waals surface area contributed by atoms with Gasteiger partial charge in [0, 0.05) is 16.7 Å². The van der Waals surface area contributed by atoms with Gasteiger partial charge in [-0.25, -0.2) is 9.37 Å². The molecule has 2 heterocycles. The molecule has 5 rings (SSSR count). The third-order valence-electron chi connectivity index (χ3n) is 4.97. The van der Waals surface area contributed by atoms with Gasteiger partial charge in [0.15, 0.2) is 11.3 Å². The molecule has 5 aromatic rings. The van der Waals surface area contributed by atoms with Crippen LogP contribution in [-0.4, -0.2) is 25.8 Å². The zero-order chi connectivity index (χ0) is 22.1. The molecule has 7 nitrogen and oxygen atoms in total. The summed E-state index contributed by atoms with van der Waals surface area (Å²) in [5, 5.41) is 6.89. The van der Waals surface area contributed by atoms with Crippen LogP contribution in [0.4, 0.5) is 4.39 Å². The van der Waals surface area contributed by atoms with Crippen LogP contribution < -0.4 is 11.0 Å². The third-order valence-corrected chi connectivity index (χ3v) is 4.97. The van der Waals surface area contributed by atoms with Gasteiger partial charge in [0.1, 0.15) is 17.0 Å². The van der Waals surface area contributed by atoms with Crippen LogP contribution >= 0.6 is 0 Å². The minimum absolute atomic E-state index is 0.0947. The SMILES string of the molecule is O=C(Nn1c(-c2ccccc2)nc2c(-c3cccc(F)c3)n[nH]c2c1=O)c1ccccc1. The fourth-order valence-corrected chi connectivity index (χ4v) is 3.44. The average molecular weight is 425 g/mol. The molecule has 0 spiro atoms. The van der Waals surface area contributed by atoms with Crippen LogP contribution in [0.5, 0.6) is 0 Å². The van der Waals surface area contributed by atoms with Crippen molar-refractivity contribution < 1.29 is 9.18 Å². The Morgan fingerprint density at radius 3 is 2.31 bits per heavy atom. The molecule has 0 aliphatic rings. The topological polar surface area (TPSA) is 92.7 Å². The lowest BCUT2D eigenvalue weighted by molar-refractivity contribution is 0.101. The van der Waals surface area contributed by atoms with E-state index in [0.717, 1.165) is 4.68 Å². The second-order valence-corrected chi connectivity index (χ2v) is 7.06. The molecule has 0 atom stereocenters. The van der Waals surface area contributed by atoms with Gasteiger partial charge in [-0.3, -0.25) is 20.1 Å². The van der Waals surface area contributed by atoms with Crippen molar-refractivity contribution in [3.05, 3.63) is 107 Å². The molecule has 0 fully saturated rings. The highest BCUT2D eigenvalue weighted by atomic mass is 19.1. The van der Waals surface area contributed by atoms with Crippen LogP contribution in [0.15, 0.2) is 89.7 Å². The molecule has 0 saturated carbocycles. The van der Waals surface area contributed by atoms with Crippen molar-refractivity contribution in [1.29, 1.82) is 0 Å². The summed E-state index contributed by atoms with van der Waals surface area (Å²) in [5.41, 5.74) is 4.31. The molecular formula is C24H16FN5O2. The van der Waals surface area contributed by atoms with Crippen molar-refractivity contribution in [3.8, 4) is 22.6 Å². The molecule has 8 heteroatoms. The van der Waals surface area contributed by atoms with Crippen LogP contribution in [-0.2, 0) is 0 Å². The second kappa shape index (κ2) is 7.92. The Hall–Kier alpha value is -4.59. The number of carbonyl (C=O) groups is 1.